The molecule has 9 nitrogen and oxygen atoms in total. The topological polar surface area (TPSA) is 90.5 Å². The monoisotopic (exact) mass is 536 g/mol. The molecule has 1 aromatic rings. The predicted octanol–water partition coefficient (Wildman–Crippen LogP) is 2.60. The molecule has 198 valence electrons. The number of sulfonamides is 1. The van der Waals surface area contributed by atoms with Crippen molar-refractivity contribution in [3.05, 3.63) is 29.3 Å². The number of fused-ring (bicyclic) bond motifs is 1. The number of benzene rings is 1. The number of thiocarbonyl (C=S) groups is 1. The molecule has 0 saturated carbocycles. The Bertz CT molecular complexity index is 1130. The van der Waals surface area contributed by atoms with E-state index in [4.69, 9.17) is 17.0 Å². The lowest BCUT2D eigenvalue weighted by Gasteiger charge is -2.33. The zero-order chi connectivity index (χ0) is 26.1. The number of cyclic esters (lactones) is 1. The summed E-state index contributed by atoms with van der Waals surface area (Å²) >= 11 is 5.73. The van der Waals surface area contributed by atoms with Crippen molar-refractivity contribution in [2.45, 2.75) is 58.1 Å². The molecule has 0 spiro atoms. The molecule has 3 aliphatic heterocycles. The Hall–Kier alpha value is -2.08. The predicted molar refractivity (Wildman–Crippen MR) is 142 cm³/mol. The van der Waals surface area contributed by atoms with Crippen LogP contribution in [0.5, 0.6) is 0 Å². The highest BCUT2D eigenvalue weighted by Gasteiger charge is 2.49. The second-order valence-electron chi connectivity index (χ2n) is 10.3. The van der Waals surface area contributed by atoms with Crippen molar-refractivity contribution in [2.24, 2.45) is 0 Å². The maximum atomic E-state index is 13.3. The molecule has 3 heterocycles. The SMILES string of the molecule is CC1(C)C(=O)N(c2ccc3c(c2)COC3=O)C(=S)N1CCCCCCCN1CCN(S(C)(=O)=O)CC1. The molecule has 11 heteroatoms. The Morgan fingerprint density at radius 2 is 1.61 bits per heavy atom. The third-order valence-corrected chi connectivity index (χ3v) is 9.11. The average Bonchev–Trinajstić information content (AvgIpc) is 3.27. The van der Waals surface area contributed by atoms with E-state index in [0.717, 1.165) is 57.3 Å². The van der Waals surface area contributed by atoms with Gasteiger partial charge in [-0.05, 0) is 63.7 Å². The average molecular weight is 537 g/mol. The molecule has 0 atom stereocenters. The summed E-state index contributed by atoms with van der Waals surface area (Å²) in [4.78, 5) is 31.0. The van der Waals surface area contributed by atoms with Gasteiger partial charge >= 0.3 is 5.97 Å². The van der Waals surface area contributed by atoms with Crippen LogP contribution in [-0.4, -0.2) is 90.6 Å². The smallest absolute Gasteiger partial charge is 0.338 e. The molecule has 1 aromatic carbocycles. The third-order valence-electron chi connectivity index (χ3n) is 7.41. The minimum atomic E-state index is -3.08. The number of esters is 1. The number of carbonyl (C=O) groups excluding carboxylic acids is 2. The van der Waals surface area contributed by atoms with E-state index in [-0.39, 0.29) is 18.5 Å². The lowest BCUT2D eigenvalue weighted by molar-refractivity contribution is -0.123. The maximum Gasteiger partial charge on any atom is 0.338 e. The van der Waals surface area contributed by atoms with E-state index in [0.29, 0.717) is 36.0 Å². The Morgan fingerprint density at radius 1 is 0.972 bits per heavy atom. The van der Waals surface area contributed by atoms with Gasteiger partial charge in [-0.3, -0.25) is 9.69 Å². The molecule has 0 aliphatic carbocycles. The molecule has 4 rings (SSSR count). The van der Waals surface area contributed by atoms with Gasteiger partial charge in [0.25, 0.3) is 5.91 Å². The van der Waals surface area contributed by atoms with Gasteiger partial charge < -0.3 is 14.5 Å². The molecular weight excluding hydrogens is 500 g/mol. The fraction of sp³-hybridized carbons (Fsp3) is 0.640. The van der Waals surface area contributed by atoms with Crippen LogP contribution < -0.4 is 4.90 Å². The zero-order valence-electron chi connectivity index (χ0n) is 21.4. The molecule has 0 radical (unpaired) electrons. The normalized spacial score (nSPS) is 20.8. The van der Waals surface area contributed by atoms with E-state index in [1.165, 1.54) is 6.26 Å². The van der Waals surface area contributed by atoms with Crippen molar-refractivity contribution in [1.29, 1.82) is 0 Å². The summed E-state index contributed by atoms with van der Waals surface area (Å²) < 4.78 is 29.9. The minimum absolute atomic E-state index is 0.0614. The van der Waals surface area contributed by atoms with Crippen molar-refractivity contribution in [3.8, 4) is 0 Å². The lowest BCUT2D eigenvalue weighted by atomic mass is 10.0. The number of hydrogen-bond donors (Lipinski definition) is 0. The first kappa shape index (κ1) is 27.0. The maximum absolute atomic E-state index is 13.3. The van der Waals surface area contributed by atoms with Crippen LogP contribution in [0.2, 0.25) is 0 Å². The molecule has 2 fully saturated rings. The number of hydrogen-bond acceptors (Lipinski definition) is 7. The summed E-state index contributed by atoms with van der Waals surface area (Å²) in [6.07, 6.45) is 6.62. The largest absolute Gasteiger partial charge is 0.457 e. The summed E-state index contributed by atoms with van der Waals surface area (Å²) in [6, 6.07) is 5.29. The Morgan fingerprint density at radius 3 is 2.28 bits per heavy atom. The Balaban J connectivity index is 1.20. The molecular formula is C25H36N4O5S2. The molecule has 1 amide bonds. The summed E-state index contributed by atoms with van der Waals surface area (Å²) in [6.45, 7) is 8.51. The van der Waals surface area contributed by atoms with Gasteiger partial charge in [-0.25, -0.2) is 13.2 Å². The Labute approximate surface area is 219 Å². The minimum Gasteiger partial charge on any atom is -0.457 e. The number of anilines is 1. The summed E-state index contributed by atoms with van der Waals surface area (Å²) in [7, 11) is -3.08. The van der Waals surface area contributed by atoms with Crippen LogP contribution >= 0.6 is 12.2 Å². The van der Waals surface area contributed by atoms with E-state index in [2.05, 4.69) is 4.90 Å². The van der Waals surface area contributed by atoms with Crippen molar-refractivity contribution < 1.29 is 22.7 Å². The third kappa shape index (κ3) is 5.58. The molecule has 36 heavy (non-hydrogen) atoms. The number of unbranched alkanes of at least 4 members (excludes halogenated alkanes) is 4. The highest BCUT2D eigenvalue weighted by Crippen LogP contribution is 2.34. The van der Waals surface area contributed by atoms with Gasteiger partial charge in [-0.2, -0.15) is 4.31 Å². The van der Waals surface area contributed by atoms with E-state index in [1.54, 1.807) is 21.3 Å². The standard InChI is InChI=1S/C25H36N4O5S2/c1-25(2)23(31)29(20-9-10-21-19(17-20)18-34-22(21)30)24(35)28(25)12-8-6-4-5-7-11-26-13-15-27(16-14-26)36(3,32)33/h9-10,17H,4-8,11-16,18H2,1-3H3. The molecule has 0 N–H and O–H groups in total. The van der Waals surface area contributed by atoms with E-state index >= 15 is 0 Å². The van der Waals surface area contributed by atoms with E-state index in [9.17, 15) is 18.0 Å². The van der Waals surface area contributed by atoms with Gasteiger partial charge in [-0.15, -0.1) is 0 Å². The van der Waals surface area contributed by atoms with Crippen molar-refractivity contribution in [1.82, 2.24) is 14.1 Å². The van der Waals surface area contributed by atoms with Crippen LogP contribution in [-0.2, 0) is 26.2 Å². The summed E-state index contributed by atoms with van der Waals surface area (Å²) in [5, 5.41) is 0.503. The molecule has 0 unspecified atom stereocenters. The van der Waals surface area contributed by atoms with Gasteiger partial charge in [0.05, 0.1) is 17.5 Å². The lowest BCUT2D eigenvalue weighted by Crippen LogP contribution is -2.48. The van der Waals surface area contributed by atoms with Gasteiger partial charge in [-0.1, -0.05) is 19.3 Å². The van der Waals surface area contributed by atoms with Crippen LogP contribution in [0.25, 0.3) is 0 Å². The van der Waals surface area contributed by atoms with E-state index in [1.807, 2.05) is 24.8 Å². The summed E-state index contributed by atoms with van der Waals surface area (Å²) in [5.41, 5.74) is 1.27. The number of amides is 1. The fourth-order valence-electron chi connectivity index (χ4n) is 5.12. The van der Waals surface area contributed by atoms with Gasteiger partial charge in [0.15, 0.2) is 5.11 Å². The number of piperazine rings is 1. The highest BCUT2D eigenvalue weighted by atomic mass is 32.2. The van der Waals surface area contributed by atoms with Crippen LogP contribution in [0.15, 0.2) is 18.2 Å². The van der Waals surface area contributed by atoms with Crippen LogP contribution in [0, 0.1) is 0 Å². The molecule has 0 bridgehead atoms. The zero-order valence-corrected chi connectivity index (χ0v) is 23.0. The van der Waals surface area contributed by atoms with Gasteiger partial charge in [0.1, 0.15) is 12.1 Å². The first-order chi connectivity index (χ1) is 17.0. The second-order valence-corrected chi connectivity index (χ2v) is 12.7. The fourth-order valence-corrected chi connectivity index (χ4v) is 6.45. The first-order valence-corrected chi connectivity index (χ1v) is 14.9. The number of rotatable bonds is 10. The first-order valence-electron chi connectivity index (χ1n) is 12.6. The van der Waals surface area contributed by atoms with E-state index < -0.39 is 15.6 Å². The number of ether oxygens (including phenoxy) is 1. The van der Waals surface area contributed by atoms with Crippen molar-refractivity contribution in [2.75, 3.05) is 50.4 Å². The quantitative estimate of drug-likeness (QED) is 0.256. The molecule has 2 saturated heterocycles. The van der Waals surface area contributed by atoms with Gasteiger partial charge in [0.2, 0.25) is 10.0 Å². The van der Waals surface area contributed by atoms with Crippen molar-refractivity contribution in [3.63, 3.8) is 0 Å². The van der Waals surface area contributed by atoms with Crippen molar-refractivity contribution >= 4 is 44.9 Å². The number of nitrogens with zero attached hydrogens (tertiary/aromatic N) is 4. The molecule has 0 aromatic heterocycles. The van der Waals surface area contributed by atoms with Crippen LogP contribution in [0.1, 0.15) is 61.9 Å². The van der Waals surface area contributed by atoms with Crippen LogP contribution in [0.4, 0.5) is 5.69 Å². The van der Waals surface area contributed by atoms with Crippen LogP contribution in [0.3, 0.4) is 0 Å². The summed E-state index contributed by atoms with van der Waals surface area (Å²) in [5.74, 6) is -0.392. The highest BCUT2D eigenvalue weighted by molar-refractivity contribution is 7.88. The second kappa shape index (κ2) is 10.7. The Kier molecular flexibility index (Phi) is 8.04. The molecule has 3 aliphatic rings. The van der Waals surface area contributed by atoms with Gasteiger partial charge in [0, 0.05) is 38.3 Å². The number of carbonyl (C=O) groups is 2.